The van der Waals surface area contributed by atoms with E-state index in [1.165, 1.54) is 12.2 Å². The second kappa shape index (κ2) is 15.1. The third-order valence-corrected chi connectivity index (χ3v) is 7.10. The number of carbonyl (C=O) groups is 2. The molecule has 0 aromatic heterocycles. The number of hydrogen-bond acceptors (Lipinski definition) is 5. The van der Waals surface area contributed by atoms with Crippen LogP contribution in [0.25, 0.3) is 0 Å². The van der Waals surface area contributed by atoms with Crippen LogP contribution in [-0.2, 0) is 23.6 Å². The van der Waals surface area contributed by atoms with E-state index in [0.29, 0.717) is 25.0 Å². The topological polar surface area (TPSA) is 130 Å². The minimum atomic E-state index is -4.64. The average molecular weight is 392 g/mol. The van der Waals surface area contributed by atoms with Gasteiger partial charge >= 0.3 is 142 Å². The fourth-order valence-corrected chi connectivity index (χ4v) is 4.61. The van der Waals surface area contributed by atoms with Crippen LogP contribution in [0.5, 0.6) is 0 Å². The maximum absolute atomic E-state index is 10.9. The van der Waals surface area contributed by atoms with Gasteiger partial charge in [-0.1, -0.05) is 0 Å². The molecule has 24 heavy (non-hydrogen) atoms. The fraction of sp³-hybridized carbons (Fsp3) is 0.571. The van der Waals surface area contributed by atoms with E-state index in [1.807, 2.05) is 0 Å². The van der Waals surface area contributed by atoms with Crippen molar-refractivity contribution >= 4 is 53.6 Å². The molecule has 0 radical (unpaired) electrons. The molecule has 2 atom stereocenters. The van der Waals surface area contributed by atoms with E-state index in [-0.39, 0.29) is 11.9 Å². The Morgan fingerprint density at radius 2 is 1.29 bits per heavy atom. The maximum atomic E-state index is 10.9. The predicted molar refractivity (Wildman–Crippen MR) is 90.3 cm³/mol. The molecular weight excluding hydrogens is 367 g/mol. The van der Waals surface area contributed by atoms with E-state index in [4.69, 9.17) is 28.7 Å². The summed E-state index contributed by atoms with van der Waals surface area (Å²) in [6.45, 7) is 11.8. The van der Waals surface area contributed by atoms with Gasteiger partial charge in [0, 0.05) is 0 Å². The summed E-state index contributed by atoms with van der Waals surface area (Å²) in [6.07, 6.45) is 2.37. The van der Waals surface area contributed by atoms with Crippen LogP contribution in [0, 0.1) is 11.8 Å². The Labute approximate surface area is 160 Å². The van der Waals surface area contributed by atoms with Gasteiger partial charge in [-0.15, -0.1) is 0 Å². The van der Waals surface area contributed by atoms with Gasteiger partial charge in [0.15, 0.2) is 0 Å². The zero-order valence-corrected chi connectivity index (χ0v) is 17.2. The van der Waals surface area contributed by atoms with E-state index in [1.54, 1.807) is 0 Å². The molecule has 0 saturated carbocycles. The Bertz CT molecular complexity index is 410. The number of hydrogen-bond donors (Lipinski definition) is 3. The van der Waals surface area contributed by atoms with Crippen molar-refractivity contribution in [3.8, 4) is 0 Å². The Kier molecular flexibility index (Phi) is 16.3. The molecule has 3 N–H and O–H groups in total. The molecule has 136 valence electrons. The minimum absolute atomic E-state index is 0.357. The molecule has 2 unspecified atom stereocenters. The van der Waals surface area contributed by atoms with E-state index < -0.39 is 41.7 Å². The van der Waals surface area contributed by atoms with Crippen LogP contribution in [0.4, 0.5) is 0 Å². The molecule has 0 heterocycles. The van der Waals surface area contributed by atoms with Crippen molar-refractivity contribution in [1.82, 2.24) is 0 Å². The summed E-state index contributed by atoms with van der Waals surface area (Å²) in [5, 5.41) is 0. The maximum Gasteiger partial charge on any atom is 0.466 e. The Balaban J connectivity index is 0. The second-order valence-electron chi connectivity index (χ2n) is 5.32. The summed E-state index contributed by atoms with van der Waals surface area (Å²) in [7, 11) is -4.64. The van der Waals surface area contributed by atoms with Gasteiger partial charge < -0.3 is 14.7 Å². The molecule has 0 spiro atoms. The van der Waals surface area contributed by atoms with E-state index in [0.717, 1.165) is 5.04 Å². The van der Waals surface area contributed by atoms with Gasteiger partial charge in [0.25, 0.3) is 0 Å². The van der Waals surface area contributed by atoms with Gasteiger partial charge in [-0.05, 0) is 0 Å². The van der Waals surface area contributed by atoms with Crippen molar-refractivity contribution in [3.05, 3.63) is 25.3 Å². The first-order chi connectivity index (χ1) is 11.0. The molecule has 0 aromatic carbocycles. The van der Waals surface area contributed by atoms with Crippen molar-refractivity contribution in [2.45, 2.75) is 18.9 Å². The molecule has 0 aliphatic rings. The number of ether oxygens (including phenoxy) is 2. The van der Waals surface area contributed by atoms with Gasteiger partial charge in [-0.2, -0.15) is 0 Å². The molecule has 0 aliphatic carbocycles. The van der Waals surface area contributed by atoms with Crippen molar-refractivity contribution in [1.29, 1.82) is 0 Å². The first kappa shape index (κ1) is 26.0. The Hall–Kier alpha value is -0.210. The van der Waals surface area contributed by atoms with Crippen molar-refractivity contribution in [3.63, 3.8) is 0 Å². The normalized spacial score (nSPS) is 12.5. The predicted octanol–water partition coefficient (Wildman–Crippen LogP) is 1.33. The third kappa shape index (κ3) is 24.0. The third-order valence-electron chi connectivity index (χ3n) is 2.75. The van der Waals surface area contributed by atoms with Crippen LogP contribution >= 0.6 is 7.82 Å². The molecule has 0 aromatic rings. The SMILES string of the molecule is C=CC(=O)OCC(C)[CH2][Ca][CH2]C(C)COC(=O)C=C.O=P(O)(O)O. The van der Waals surface area contributed by atoms with Crippen LogP contribution in [0.2, 0.25) is 5.04 Å². The summed E-state index contributed by atoms with van der Waals surface area (Å²) in [4.78, 5) is 43.4. The molecule has 0 saturated heterocycles. The van der Waals surface area contributed by atoms with E-state index in [9.17, 15) is 9.59 Å². The Morgan fingerprint density at radius 1 is 1.00 bits per heavy atom. The van der Waals surface area contributed by atoms with Gasteiger partial charge in [-0.25, -0.2) is 4.57 Å². The van der Waals surface area contributed by atoms with Crippen LogP contribution in [-0.4, -0.2) is 73.7 Å². The average Bonchev–Trinajstić information content (AvgIpc) is 2.48. The van der Waals surface area contributed by atoms with Crippen LogP contribution in [0.3, 0.4) is 0 Å². The number of phosphoric acid groups is 1. The smallest absolute Gasteiger partial charge is 0.303 e. The minimum Gasteiger partial charge on any atom is -0.303 e. The van der Waals surface area contributed by atoms with Crippen LogP contribution < -0.4 is 0 Å². The fourth-order valence-electron chi connectivity index (χ4n) is 1.55. The largest absolute Gasteiger partial charge is 0.466 e. The van der Waals surface area contributed by atoms with Gasteiger partial charge in [0.1, 0.15) is 0 Å². The zero-order chi connectivity index (χ0) is 19.2. The van der Waals surface area contributed by atoms with Gasteiger partial charge in [0.2, 0.25) is 0 Å². The molecule has 0 bridgehead atoms. The van der Waals surface area contributed by atoms with E-state index in [2.05, 4.69) is 27.0 Å². The van der Waals surface area contributed by atoms with Crippen LogP contribution in [0.15, 0.2) is 25.3 Å². The quantitative estimate of drug-likeness (QED) is 0.220. The van der Waals surface area contributed by atoms with Gasteiger partial charge in [-0.3, -0.25) is 0 Å². The monoisotopic (exact) mass is 392 g/mol. The standard InChI is InChI=1S/2C7H11O2.Ca.H3O4P/c2*1-4-7(8)9-5-6(2)3;;1-5(2,3)4/h2*4,6H,1-2,5H2,3H3;;(H3,1,2,3,4). The number of esters is 2. The number of carbonyl (C=O) groups excluding carboxylic acids is 2. The molecule has 0 amide bonds. The summed E-state index contributed by atoms with van der Waals surface area (Å²) in [5.74, 6) is 0.103. The number of rotatable bonds is 10. The van der Waals surface area contributed by atoms with Crippen molar-refractivity contribution in [2.24, 2.45) is 11.8 Å². The molecule has 10 heteroatoms. The van der Waals surface area contributed by atoms with Gasteiger partial charge in [0.05, 0.1) is 0 Å². The molecule has 0 fully saturated rings. The second-order valence-corrected chi connectivity index (χ2v) is 9.26. The summed E-state index contributed by atoms with van der Waals surface area (Å²) in [5.41, 5.74) is 0. The first-order valence-corrected chi connectivity index (χ1v) is 12.0. The summed E-state index contributed by atoms with van der Waals surface area (Å²) in [6, 6.07) is 0. The zero-order valence-electron chi connectivity index (χ0n) is 14.1. The first-order valence-electron chi connectivity index (χ1n) is 7.36. The summed E-state index contributed by atoms with van der Waals surface area (Å²) >= 11 is -0.652. The Morgan fingerprint density at radius 3 is 1.54 bits per heavy atom. The van der Waals surface area contributed by atoms with E-state index >= 15 is 0 Å². The molecule has 0 aliphatic heterocycles. The van der Waals surface area contributed by atoms with Crippen molar-refractivity contribution in [2.75, 3.05) is 13.2 Å². The van der Waals surface area contributed by atoms with Crippen LogP contribution in [0.1, 0.15) is 13.8 Å². The molecule has 0 rings (SSSR count). The molecule has 8 nitrogen and oxygen atoms in total. The summed E-state index contributed by atoms with van der Waals surface area (Å²) < 4.78 is 21.2. The van der Waals surface area contributed by atoms with Crippen molar-refractivity contribution < 1.29 is 38.3 Å². The molecular formula is C14H25CaO8P.